The maximum atomic E-state index is 12.4. The van der Waals surface area contributed by atoms with Gasteiger partial charge in [0, 0.05) is 135 Å². The van der Waals surface area contributed by atoms with Crippen LogP contribution in [0.2, 0.25) is 0 Å². The molecule has 13 aromatic rings. The van der Waals surface area contributed by atoms with Gasteiger partial charge in [-0.3, -0.25) is 24.1 Å². The topological polar surface area (TPSA) is 459 Å². The number of fused-ring (bicyclic) bond motifs is 5. The Morgan fingerprint density at radius 1 is 0.392 bits per heavy atom. The van der Waals surface area contributed by atoms with Crippen molar-refractivity contribution in [3.63, 3.8) is 0 Å². The zero-order valence-corrected chi connectivity index (χ0v) is 94.1. The molecule has 1 unspecified atom stereocenters. The van der Waals surface area contributed by atoms with Crippen molar-refractivity contribution >= 4 is 78.3 Å². The average molecular weight is 2080 g/mol. The number of carbonyl (C=O) groups excluding carboxylic acids is 1. The van der Waals surface area contributed by atoms with E-state index in [1.54, 1.807) is 14.1 Å². The summed E-state index contributed by atoms with van der Waals surface area (Å²) in [6, 6.07) is 40.3. The molecule has 13 rings (SSSR count). The van der Waals surface area contributed by atoms with E-state index in [1.807, 2.05) is 135 Å². The molecule has 0 fully saturated rings. The molecule has 21 N–H and O–H groups in total. The number of nitrogens with two attached hydrogens (primary N) is 3. The van der Waals surface area contributed by atoms with E-state index in [0.29, 0.717) is 66.6 Å². The molecule has 143 heavy (non-hydrogen) atoms. The third-order valence-corrected chi connectivity index (χ3v) is 26.3. The van der Waals surface area contributed by atoms with Gasteiger partial charge in [0.1, 0.15) is 18.1 Å². The van der Waals surface area contributed by atoms with Gasteiger partial charge in [-0.1, -0.05) is 240 Å². The number of hydrogen-bond acceptors (Lipinski definition) is 18. The Bertz CT molecular complexity index is 5660. The summed E-state index contributed by atoms with van der Waals surface area (Å²) in [4.78, 5) is 76.3. The number of aromatic amines is 5. The number of hydrogen-bond donors (Lipinski definition) is 16. The van der Waals surface area contributed by atoms with Gasteiger partial charge in [0.15, 0.2) is 17.3 Å². The summed E-state index contributed by atoms with van der Waals surface area (Å²) in [5.41, 5.74) is 31.5. The number of carboxylic acids is 3. The second-order valence-electron chi connectivity index (χ2n) is 38.0. The SMILES string of the molecule is C.CC[C@H](C)C[C@@H](c1nc(C)c(-c2c[nH]c3ccccc23)o1)N(C)C.CC[C@H](C)C[C@H](N)C(=O)O.CC[C@H](C)C[C@H](N)c1nc(C)c(-c2c[nH]c3ccccc23)o1.CC[C@H](C)C[C@H](NC)C(=O)NC(C)Cc1c[nH]c2ccccc12.CC[C@H](C)C[C@H](NC)C(=O)O.CC[C@H](C)C[C@H](NC)C(=O)O.CC[C@H](C)C[C@H](NC)c1nc(C)c(-c2c[nH]c3ccccc23)o1.C[C@@H](N)Cc1c[nH]c2ccccc12.O.[CH3-].[CH3-].[Na+].[Pd]. The molecule has 0 bridgehead atoms. The minimum atomic E-state index is -0.902. The number of carbonyl (C=O) groups is 4. The fourth-order valence-corrected chi connectivity index (χ4v) is 16.0. The minimum absolute atomic E-state index is 0. The van der Waals surface area contributed by atoms with Crippen LogP contribution in [0.15, 0.2) is 166 Å². The van der Waals surface area contributed by atoms with E-state index in [2.05, 4.69) is 243 Å². The van der Waals surface area contributed by atoms with Crippen LogP contribution in [0.25, 0.3) is 88.5 Å². The number of carboxylic acid groups (broad SMARTS) is 3. The van der Waals surface area contributed by atoms with Crippen molar-refractivity contribution in [3.8, 4) is 34.0 Å². The Labute approximate surface area is 890 Å². The van der Waals surface area contributed by atoms with Gasteiger partial charge in [-0.2, -0.15) is 0 Å². The smallest absolute Gasteiger partial charge is 0.480 e. The van der Waals surface area contributed by atoms with Crippen LogP contribution in [0.5, 0.6) is 0 Å². The van der Waals surface area contributed by atoms with Crippen LogP contribution in [0.1, 0.15) is 272 Å². The van der Waals surface area contributed by atoms with E-state index >= 15 is 0 Å². The molecule has 16 atom stereocenters. The fraction of sp³-hybridized carbons (Fsp3) is 0.513. The van der Waals surface area contributed by atoms with Crippen molar-refractivity contribution in [2.24, 2.45) is 58.6 Å². The molecule has 28 nitrogen and oxygen atoms in total. The van der Waals surface area contributed by atoms with Gasteiger partial charge < -0.3 is 118 Å². The monoisotopic (exact) mass is 2080 g/mol. The first-order valence-corrected chi connectivity index (χ1v) is 49.7. The van der Waals surface area contributed by atoms with Crippen molar-refractivity contribution in [1.82, 2.24) is 71.4 Å². The van der Waals surface area contributed by atoms with Gasteiger partial charge in [0.2, 0.25) is 23.6 Å². The number of para-hydroxylation sites is 5. The number of rotatable bonds is 41. The Hall–Kier alpha value is -9.39. The number of benzene rings is 5. The Kier molecular flexibility index (Phi) is 64.4. The second kappa shape index (κ2) is 68.9. The molecule has 0 aliphatic heterocycles. The number of aliphatic carboxylic acids is 3. The van der Waals surface area contributed by atoms with Crippen molar-refractivity contribution in [1.29, 1.82) is 0 Å². The molecule has 0 saturated heterocycles. The van der Waals surface area contributed by atoms with E-state index < -0.39 is 23.9 Å². The molecule has 1 amide bonds. The zero-order chi connectivity index (χ0) is 101. The Balaban J connectivity index is 0.00000164. The van der Waals surface area contributed by atoms with Gasteiger partial charge in [0.25, 0.3) is 0 Å². The largest absolute Gasteiger partial charge is 1.00 e. The number of aryl methyl sites for hydroxylation is 3. The van der Waals surface area contributed by atoms with Crippen LogP contribution in [0, 0.1) is 77.0 Å². The molecule has 0 aliphatic rings. The molecule has 30 heteroatoms. The summed E-state index contributed by atoms with van der Waals surface area (Å²) in [6.07, 6.45) is 25.3. The van der Waals surface area contributed by atoms with Crippen molar-refractivity contribution < 1.29 is 103 Å². The summed E-state index contributed by atoms with van der Waals surface area (Å²) in [5.74, 6) is 6.21. The summed E-state index contributed by atoms with van der Waals surface area (Å²) in [6.45, 7) is 40.1. The number of oxazole rings is 3. The van der Waals surface area contributed by atoms with Gasteiger partial charge in [-0.15, -0.1) is 0 Å². The van der Waals surface area contributed by atoms with Crippen molar-refractivity contribution in [2.75, 3.05) is 42.3 Å². The minimum Gasteiger partial charge on any atom is -0.480 e. The number of aromatic nitrogens is 8. The number of H-pyrrole nitrogens is 5. The number of likely N-dealkylation sites (N-methyl/N-ethyl adjacent to an activating group) is 3. The summed E-state index contributed by atoms with van der Waals surface area (Å²) in [5, 5.41) is 46.9. The fourth-order valence-electron chi connectivity index (χ4n) is 16.0. The number of amides is 1. The van der Waals surface area contributed by atoms with Crippen LogP contribution >= 0.6 is 0 Å². The molecule has 0 saturated carbocycles. The van der Waals surface area contributed by atoms with Crippen LogP contribution in [-0.4, -0.2) is 168 Å². The van der Waals surface area contributed by atoms with Crippen LogP contribution in [-0.2, 0) is 52.4 Å². The van der Waals surface area contributed by atoms with Crippen LogP contribution in [0.3, 0.4) is 0 Å². The van der Waals surface area contributed by atoms with Gasteiger partial charge >= 0.3 is 47.5 Å². The molecular formula is C113H179N17NaO11Pd-. The standard InChI is InChI=1S/C20H27N3O.C19H25N3O.C19H29N3O.C18H23N3O.C11H14N2.2C8H17NO2.C7H15NO2.CH4.2CH3.Na.H2O.Pd/c1-6-13(2)11-18(23(4)5)20-22-14(3)19(24-20)16-12-21-17-10-8-7-9-15(16)17;1-5-12(2)10-17(20-4)19-22-13(3)18(23-19)15-11-21-16-9-7-6-8-14(15)16;1-5-13(2)10-18(20-4)19(23)22-14(3)11-15-12-21-17-9-7-6-8-16(15)17;1-4-11(2)9-15(19)18-21-12(3)17(22-18)14-10-20-16-8-6-5-7-13(14)16;1-8(12)6-9-7-13-11-5-3-2-4-10(9)11;2*1-4-6(2)5-7(9-3)8(10)11;1-3-5(2)4-6(8)7(9)10;;;;;;/h7-10,12-13,18,21H,6,11H2,1-5H3;6-9,11-12,17,20-21H,5,10H2,1-4H3;6-9,12-14,18,20-21H,5,10-11H2,1-4H3,(H,22,23);5-8,10-11,15,20H,4,9,19H2,1-3H3;2-5,7-8,13H,6,12H2,1H3;2*6-7,9H,4-5H2,1-3H3,(H,10,11);5-6H,3-4,8H2,1-2H3,(H,9,10);1H4;2*1H3;;1H2;/q;;;;;;;;;2*-1;+1;;/t13-,18-;12-,17-;13-,14?,18-;11-,15-;8-;2*6-,7-;5-,6-;;;;;;/m00001000....../s1. The average Bonchev–Trinajstić information content (AvgIpc) is 1.64. The second-order valence-corrected chi connectivity index (χ2v) is 38.0. The predicted octanol–water partition coefficient (Wildman–Crippen LogP) is 20.6. The third kappa shape index (κ3) is 41.8. The van der Waals surface area contributed by atoms with Crippen LogP contribution < -0.4 is 73.3 Å². The summed E-state index contributed by atoms with van der Waals surface area (Å²) >= 11 is 0. The van der Waals surface area contributed by atoms with Crippen LogP contribution in [0.4, 0.5) is 0 Å². The maximum Gasteiger partial charge on any atom is 1.00 e. The molecular weight excluding hydrogens is 1900 g/mol. The molecule has 0 radical (unpaired) electrons. The van der Waals surface area contributed by atoms with E-state index in [-0.39, 0.29) is 132 Å². The molecule has 0 spiro atoms. The van der Waals surface area contributed by atoms with Gasteiger partial charge in [-0.25, -0.2) is 15.0 Å². The molecule has 794 valence electrons. The van der Waals surface area contributed by atoms with Crippen molar-refractivity contribution in [3.05, 3.63) is 213 Å². The van der Waals surface area contributed by atoms with E-state index in [0.717, 1.165) is 167 Å². The van der Waals surface area contributed by atoms with E-state index in [1.165, 1.54) is 44.6 Å². The molecule has 8 aromatic heterocycles. The zero-order valence-electron chi connectivity index (χ0n) is 90.5. The van der Waals surface area contributed by atoms with Gasteiger partial charge in [-0.05, 0) is 218 Å². The Morgan fingerprint density at radius 3 is 1.03 bits per heavy atom. The first-order valence-electron chi connectivity index (χ1n) is 49.7. The normalized spacial score (nSPS) is 14.2. The number of nitrogens with one attached hydrogen (secondary N) is 10. The Morgan fingerprint density at radius 2 is 0.685 bits per heavy atom. The van der Waals surface area contributed by atoms with E-state index in [4.69, 9.17) is 50.8 Å². The molecule has 5 aromatic carbocycles. The first-order chi connectivity index (χ1) is 65.4. The summed E-state index contributed by atoms with van der Waals surface area (Å²) in [7, 11) is 11.4. The van der Waals surface area contributed by atoms with E-state index in [9.17, 15) is 19.2 Å². The summed E-state index contributed by atoms with van der Waals surface area (Å²) < 4.78 is 18.5. The third-order valence-electron chi connectivity index (χ3n) is 26.3. The van der Waals surface area contributed by atoms with Gasteiger partial charge in [0.05, 0.1) is 41.2 Å². The quantitative estimate of drug-likeness (QED) is 0.0125. The molecule has 0 aliphatic carbocycles. The molecule has 8 heterocycles. The van der Waals surface area contributed by atoms with Crippen molar-refractivity contribution in [2.45, 2.75) is 296 Å². The number of nitrogens with zero attached hydrogens (tertiary/aromatic N) is 4. The maximum absolute atomic E-state index is 12.4. The predicted molar refractivity (Wildman–Crippen MR) is 587 cm³/mol. The first kappa shape index (κ1) is 134.